The number of hydrogen-bond donors (Lipinski definition) is 1. The summed E-state index contributed by atoms with van der Waals surface area (Å²) in [5.41, 5.74) is 1.19. The van der Waals surface area contributed by atoms with Crippen molar-refractivity contribution < 1.29 is 9.53 Å². The van der Waals surface area contributed by atoms with Crippen molar-refractivity contribution >= 4 is 16.8 Å². The first kappa shape index (κ1) is 15.7. The number of amides is 1. The molecule has 0 radical (unpaired) electrons. The van der Waals surface area contributed by atoms with Crippen LogP contribution in [-0.2, 0) is 13.6 Å². The highest BCUT2D eigenvalue weighted by molar-refractivity contribution is 5.92. The Labute approximate surface area is 138 Å². The average molecular weight is 323 g/mol. The van der Waals surface area contributed by atoms with Crippen LogP contribution in [0.15, 0.2) is 53.3 Å². The van der Waals surface area contributed by atoms with Crippen molar-refractivity contribution in [2.75, 3.05) is 7.11 Å². The van der Waals surface area contributed by atoms with Crippen molar-refractivity contribution in [2.24, 2.45) is 7.05 Å². The van der Waals surface area contributed by atoms with Gasteiger partial charge < -0.3 is 10.1 Å². The molecule has 122 valence electrons. The molecular weight excluding hydrogens is 306 g/mol. The molecule has 0 aliphatic rings. The Hall–Kier alpha value is -3.15. The quantitative estimate of drug-likeness (QED) is 0.795. The molecular formula is C18H17N3O3. The molecule has 0 atom stereocenters. The Morgan fingerprint density at radius 2 is 1.88 bits per heavy atom. The predicted molar refractivity (Wildman–Crippen MR) is 91.1 cm³/mol. The van der Waals surface area contributed by atoms with Gasteiger partial charge in [-0.3, -0.25) is 14.2 Å². The van der Waals surface area contributed by atoms with E-state index in [1.54, 1.807) is 38.4 Å². The highest BCUT2D eigenvalue weighted by Crippen LogP contribution is 2.11. The molecule has 0 fully saturated rings. The van der Waals surface area contributed by atoms with E-state index in [0.29, 0.717) is 17.4 Å². The summed E-state index contributed by atoms with van der Waals surface area (Å²) in [5.74, 6) is 0.451. The Kier molecular flexibility index (Phi) is 4.29. The van der Waals surface area contributed by atoms with Crippen LogP contribution in [0.5, 0.6) is 5.75 Å². The Bertz CT molecular complexity index is 946. The molecule has 1 N–H and O–H groups in total. The summed E-state index contributed by atoms with van der Waals surface area (Å²) in [5, 5.41) is 3.28. The summed E-state index contributed by atoms with van der Waals surface area (Å²) in [6.45, 7) is 0.339. The van der Waals surface area contributed by atoms with Crippen LogP contribution in [0.3, 0.4) is 0 Å². The third-order valence-electron chi connectivity index (χ3n) is 3.80. The third kappa shape index (κ3) is 2.99. The van der Waals surface area contributed by atoms with Gasteiger partial charge in [-0.1, -0.05) is 24.3 Å². The predicted octanol–water partition coefficient (Wildman–Crippen LogP) is 1.87. The Morgan fingerprint density at radius 1 is 1.17 bits per heavy atom. The van der Waals surface area contributed by atoms with Gasteiger partial charge in [-0.25, -0.2) is 4.98 Å². The number of benzene rings is 2. The molecule has 1 heterocycles. The van der Waals surface area contributed by atoms with Crippen molar-refractivity contribution in [3.63, 3.8) is 0 Å². The van der Waals surface area contributed by atoms with Crippen molar-refractivity contribution in [3.8, 4) is 5.75 Å². The number of para-hydroxylation sites is 1. The number of carbonyl (C=O) groups excluding carboxylic acids is 1. The van der Waals surface area contributed by atoms with Crippen LogP contribution >= 0.6 is 0 Å². The van der Waals surface area contributed by atoms with Crippen molar-refractivity contribution in [1.82, 2.24) is 14.9 Å². The topological polar surface area (TPSA) is 73.2 Å². The number of carbonyl (C=O) groups is 1. The van der Waals surface area contributed by atoms with E-state index in [-0.39, 0.29) is 11.4 Å². The minimum absolute atomic E-state index is 0.0900. The molecule has 6 nitrogen and oxygen atoms in total. The van der Waals surface area contributed by atoms with E-state index in [2.05, 4.69) is 10.3 Å². The lowest BCUT2D eigenvalue weighted by Gasteiger charge is -2.10. The minimum atomic E-state index is -0.392. The van der Waals surface area contributed by atoms with Crippen LogP contribution in [0.25, 0.3) is 10.9 Å². The molecule has 0 saturated carbocycles. The number of nitrogens with zero attached hydrogens (tertiary/aromatic N) is 2. The molecule has 0 unspecified atom stereocenters. The first-order valence-corrected chi connectivity index (χ1v) is 7.47. The fraction of sp³-hybridized carbons (Fsp3) is 0.167. The van der Waals surface area contributed by atoms with E-state index in [9.17, 15) is 9.59 Å². The van der Waals surface area contributed by atoms with Crippen LogP contribution < -0.4 is 15.6 Å². The number of aromatic nitrogens is 2. The highest BCUT2D eigenvalue weighted by atomic mass is 16.5. The lowest BCUT2D eigenvalue weighted by Crippen LogP contribution is -2.32. The van der Waals surface area contributed by atoms with Gasteiger partial charge in [0.2, 0.25) is 5.82 Å². The second kappa shape index (κ2) is 6.54. The maximum Gasteiger partial charge on any atom is 0.287 e. The van der Waals surface area contributed by atoms with Crippen LogP contribution in [0, 0.1) is 0 Å². The number of nitrogens with one attached hydrogen (secondary N) is 1. The lowest BCUT2D eigenvalue weighted by molar-refractivity contribution is 0.0936. The lowest BCUT2D eigenvalue weighted by atomic mass is 10.2. The van der Waals surface area contributed by atoms with Crippen molar-refractivity contribution in [1.29, 1.82) is 0 Å². The van der Waals surface area contributed by atoms with E-state index in [1.165, 1.54) is 4.57 Å². The smallest absolute Gasteiger partial charge is 0.287 e. The summed E-state index contributed by atoms with van der Waals surface area (Å²) in [6, 6.07) is 14.4. The molecule has 1 amide bonds. The Morgan fingerprint density at radius 3 is 2.58 bits per heavy atom. The molecule has 0 bridgehead atoms. The second-order valence-corrected chi connectivity index (χ2v) is 5.35. The van der Waals surface area contributed by atoms with Crippen LogP contribution in [0.1, 0.15) is 16.2 Å². The Balaban J connectivity index is 1.83. The molecule has 0 spiro atoms. The highest BCUT2D eigenvalue weighted by Gasteiger charge is 2.14. The maximum atomic E-state index is 12.4. The van der Waals surface area contributed by atoms with Crippen molar-refractivity contribution in [3.05, 3.63) is 70.3 Å². The molecule has 0 aliphatic carbocycles. The van der Waals surface area contributed by atoms with E-state index < -0.39 is 5.91 Å². The van der Waals surface area contributed by atoms with Crippen molar-refractivity contribution in [2.45, 2.75) is 6.54 Å². The third-order valence-corrected chi connectivity index (χ3v) is 3.80. The second-order valence-electron chi connectivity index (χ2n) is 5.35. The summed E-state index contributed by atoms with van der Waals surface area (Å²) < 4.78 is 6.37. The standard InChI is InChI=1S/C18H17N3O3/c1-21-16(20-15-6-4-3-5-14(15)18(21)23)17(22)19-11-12-7-9-13(24-2)10-8-12/h3-10H,11H2,1-2H3,(H,19,22). The van der Waals surface area contributed by atoms with E-state index in [1.807, 2.05) is 24.3 Å². The number of ether oxygens (including phenoxy) is 1. The molecule has 6 heteroatoms. The van der Waals surface area contributed by atoms with Gasteiger partial charge in [-0.15, -0.1) is 0 Å². The fourth-order valence-corrected chi connectivity index (χ4v) is 2.43. The molecule has 0 saturated heterocycles. The molecule has 3 rings (SSSR count). The van der Waals surface area contributed by atoms with Gasteiger partial charge in [0.05, 0.1) is 18.0 Å². The first-order valence-electron chi connectivity index (χ1n) is 7.47. The normalized spacial score (nSPS) is 10.6. The largest absolute Gasteiger partial charge is 0.497 e. The summed E-state index contributed by atoms with van der Waals surface area (Å²) in [7, 11) is 3.15. The SMILES string of the molecule is COc1ccc(CNC(=O)c2nc3ccccc3c(=O)n2C)cc1. The van der Waals surface area contributed by atoms with Gasteiger partial charge in [-0.05, 0) is 29.8 Å². The van der Waals surface area contributed by atoms with Gasteiger partial charge >= 0.3 is 0 Å². The molecule has 24 heavy (non-hydrogen) atoms. The monoisotopic (exact) mass is 323 g/mol. The van der Waals surface area contributed by atoms with Crippen LogP contribution in [0.2, 0.25) is 0 Å². The molecule has 0 aliphatic heterocycles. The first-order chi connectivity index (χ1) is 11.6. The van der Waals surface area contributed by atoms with E-state index in [4.69, 9.17) is 4.74 Å². The molecule has 1 aromatic heterocycles. The molecule has 2 aromatic carbocycles. The summed E-state index contributed by atoms with van der Waals surface area (Å²) in [6.07, 6.45) is 0. The van der Waals surface area contributed by atoms with Gasteiger partial charge in [0.1, 0.15) is 5.75 Å². The zero-order valence-corrected chi connectivity index (χ0v) is 13.4. The van der Waals surface area contributed by atoms with Gasteiger partial charge in [-0.2, -0.15) is 0 Å². The van der Waals surface area contributed by atoms with Gasteiger partial charge in [0.25, 0.3) is 11.5 Å². The average Bonchev–Trinajstić information content (AvgIpc) is 2.63. The van der Waals surface area contributed by atoms with E-state index >= 15 is 0 Å². The zero-order valence-electron chi connectivity index (χ0n) is 13.4. The van der Waals surface area contributed by atoms with Gasteiger partial charge in [0, 0.05) is 13.6 Å². The summed E-state index contributed by atoms with van der Waals surface area (Å²) in [4.78, 5) is 29.0. The van der Waals surface area contributed by atoms with Crippen LogP contribution in [-0.4, -0.2) is 22.6 Å². The number of methoxy groups -OCH3 is 1. The zero-order chi connectivity index (χ0) is 17.1. The fourth-order valence-electron chi connectivity index (χ4n) is 2.43. The van der Waals surface area contributed by atoms with Crippen LogP contribution in [0.4, 0.5) is 0 Å². The number of hydrogen-bond acceptors (Lipinski definition) is 4. The maximum absolute atomic E-state index is 12.4. The summed E-state index contributed by atoms with van der Waals surface area (Å²) >= 11 is 0. The number of rotatable bonds is 4. The molecule has 3 aromatic rings. The van der Waals surface area contributed by atoms with Gasteiger partial charge in [0.15, 0.2) is 0 Å². The minimum Gasteiger partial charge on any atom is -0.497 e. The number of fused-ring (bicyclic) bond motifs is 1. The van der Waals surface area contributed by atoms with E-state index in [0.717, 1.165) is 11.3 Å².